The lowest BCUT2D eigenvalue weighted by molar-refractivity contribution is -0.170. The van der Waals surface area contributed by atoms with E-state index in [0.717, 1.165) is 5.56 Å². The molecule has 2 aromatic heterocycles. The number of benzene rings is 1. The highest BCUT2D eigenvalue weighted by Gasteiger charge is 2.59. The summed E-state index contributed by atoms with van der Waals surface area (Å²) in [6, 6.07) is 9.24. The molecule has 3 heterocycles. The van der Waals surface area contributed by atoms with Crippen molar-refractivity contribution in [2.24, 2.45) is 0 Å². The summed E-state index contributed by atoms with van der Waals surface area (Å²) in [7, 11) is -4.37. The van der Waals surface area contributed by atoms with Crippen LogP contribution in [0.5, 0.6) is 5.75 Å². The van der Waals surface area contributed by atoms with Crippen LogP contribution in [0.2, 0.25) is 0 Å². The average molecular weight is 704 g/mol. The molecule has 1 aromatic carbocycles. The molecule has 3 aromatic rings. The molecule has 1 fully saturated rings. The van der Waals surface area contributed by atoms with E-state index in [2.05, 4.69) is 35.9 Å². The molecule has 0 radical (unpaired) electrons. The standard InChI is InChI=1S/C33H46N5O10P/c1-9-26(39)45-28-24(47-33(8,29(28)46-27(40)10-2)25-17-16-23-30(34)35-19-36-38(23)25)18-44-49(42,37-20(4)31(41)43-11-3)48-22-14-12-21(13-15-22)32(5,6)7/h12-17,19-20,24,28-29H,9-11,18H2,1-8H3,(H,37,42)(H2,34,35,36)/t20-,24+,28+,29+,33-,49?/m0/s1. The van der Waals surface area contributed by atoms with Crippen LogP contribution in [0.1, 0.15) is 79.5 Å². The Balaban J connectivity index is 1.72. The van der Waals surface area contributed by atoms with E-state index in [9.17, 15) is 18.9 Å². The summed E-state index contributed by atoms with van der Waals surface area (Å²) in [5, 5.41) is 6.96. The third-order valence-electron chi connectivity index (χ3n) is 8.04. The van der Waals surface area contributed by atoms with Crippen LogP contribution in [0.3, 0.4) is 0 Å². The van der Waals surface area contributed by atoms with Gasteiger partial charge in [-0.25, -0.2) is 14.1 Å². The lowest BCUT2D eigenvalue weighted by Crippen LogP contribution is -2.45. The Morgan fingerprint density at radius 3 is 2.33 bits per heavy atom. The van der Waals surface area contributed by atoms with Crippen LogP contribution >= 0.6 is 7.75 Å². The van der Waals surface area contributed by atoms with E-state index in [-0.39, 0.29) is 36.4 Å². The van der Waals surface area contributed by atoms with E-state index in [1.165, 1.54) is 17.8 Å². The number of aromatic nitrogens is 3. The van der Waals surface area contributed by atoms with Gasteiger partial charge >= 0.3 is 25.7 Å². The molecule has 4 rings (SSSR count). The summed E-state index contributed by atoms with van der Waals surface area (Å²) in [5.41, 5.74) is 6.35. The Morgan fingerprint density at radius 2 is 1.71 bits per heavy atom. The number of hydrogen-bond donors (Lipinski definition) is 2. The Labute approximate surface area is 285 Å². The number of hydrogen-bond acceptors (Lipinski definition) is 13. The van der Waals surface area contributed by atoms with Crippen molar-refractivity contribution in [3.05, 3.63) is 54.0 Å². The molecule has 1 aliphatic heterocycles. The number of nitrogens with two attached hydrogens (primary N) is 1. The van der Waals surface area contributed by atoms with Gasteiger partial charge in [-0.3, -0.25) is 18.9 Å². The molecular weight excluding hydrogens is 657 g/mol. The van der Waals surface area contributed by atoms with Crippen LogP contribution in [-0.2, 0) is 53.4 Å². The first-order valence-electron chi connectivity index (χ1n) is 16.2. The molecule has 0 bridgehead atoms. The highest BCUT2D eigenvalue weighted by Crippen LogP contribution is 2.48. The van der Waals surface area contributed by atoms with Crippen LogP contribution in [0.25, 0.3) is 5.52 Å². The average Bonchev–Trinajstić information content (AvgIpc) is 3.60. The summed E-state index contributed by atoms with van der Waals surface area (Å²) in [5.74, 6) is -1.44. The minimum atomic E-state index is -4.37. The molecule has 3 N–H and O–H groups in total. The van der Waals surface area contributed by atoms with Crippen molar-refractivity contribution in [3.8, 4) is 5.75 Å². The van der Waals surface area contributed by atoms with E-state index in [4.69, 9.17) is 33.7 Å². The van der Waals surface area contributed by atoms with Gasteiger partial charge in [0, 0.05) is 12.8 Å². The van der Waals surface area contributed by atoms with Crippen molar-refractivity contribution in [1.82, 2.24) is 19.7 Å². The van der Waals surface area contributed by atoms with Crippen LogP contribution in [-0.4, -0.2) is 70.1 Å². The van der Waals surface area contributed by atoms with Gasteiger partial charge in [-0.05, 0) is 56.0 Å². The Kier molecular flexibility index (Phi) is 11.7. The maximum Gasteiger partial charge on any atom is 0.459 e. The summed E-state index contributed by atoms with van der Waals surface area (Å²) < 4.78 is 51.1. The number of nitrogens with zero attached hydrogens (tertiary/aromatic N) is 3. The van der Waals surface area contributed by atoms with E-state index in [1.807, 2.05) is 12.1 Å². The van der Waals surface area contributed by atoms with Crippen molar-refractivity contribution in [2.75, 3.05) is 18.9 Å². The van der Waals surface area contributed by atoms with Gasteiger partial charge in [-0.1, -0.05) is 46.8 Å². The predicted octanol–water partition coefficient (Wildman–Crippen LogP) is 4.61. The summed E-state index contributed by atoms with van der Waals surface area (Å²) in [6.45, 7) is 13.8. The number of fused-ring (bicyclic) bond motifs is 1. The second kappa shape index (κ2) is 15.2. The molecule has 1 saturated heterocycles. The Hall–Kier alpha value is -4.04. The van der Waals surface area contributed by atoms with Crippen molar-refractivity contribution in [2.45, 2.75) is 104 Å². The van der Waals surface area contributed by atoms with Crippen molar-refractivity contribution < 1.29 is 46.9 Å². The lowest BCUT2D eigenvalue weighted by Gasteiger charge is -2.31. The van der Waals surface area contributed by atoms with Crippen molar-refractivity contribution in [1.29, 1.82) is 0 Å². The molecule has 0 aliphatic carbocycles. The third-order valence-corrected chi connectivity index (χ3v) is 9.69. The molecule has 15 nitrogen and oxygen atoms in total. The molecule has 16 heteroatoms. The summed E-state index contributed by atoms with van der Waals surface area (Å²) in [6.07, 6.45) is -2.27. The molecule has 0 spiro atoms. The third kappa shape index (κ3) is 8.58. The zero-order chi connectivity index (χ0) is 36.1. The SMILES string of the molecule is CCOC(=O)[C@H](C)NP(=O)(OC[C@H]1O[C@@](C)(c2ccc3c(N)ncnn23)[C@H](OC(=O)CC)[C@@H]1OC(=O)CC)Oc1ccc(C(C)(C)C)cc1. The zero-order valence-electron chi connectivity index (χ0n) is 29.1. The fourth-order valence-electron chi connectivity index (χ4n) is 5.37. The second-order valence-corrected chi connectivity index (χ2v) is 14.5. The van der Waals surface area contributed by atoms with Gasteiger partial charge in [0.2, 0.25) is 0 Å². The molecule has 6 atom stereocenters. The molecule has 0 saturated carbocycles. The number of anilines is 1. The first kappa shape index (κ1) is 37.8. The number of nitrogens with one attached hydrogen (secondary N) is 1. The minimum Gasteiger partial charge on any atom is -0.465 e. The number of rotatable bonds is 14. The maximum atomic E-state index is 14.4. The number of carbonyl (C=O) groups excluding carboxylic acids is 3. The minimum absolute atomic E-state index is 0.0117. The lowest BCUT2D eigenvalue weighted by atomic mass is 9.87. The van der Waals surface area contributed by atoms with Crippen LogP contribution in [0.15, 0.2) is 42.7 Å². The summed E-state index contributed by atoms with van der Waals surface area (Å²) in [4.78, 5) is 42.1. The topological polar surface area (TPSA) is 192 Å². The van der Waals surface area contributed by atoms with Gasteiger partial charge in [0.15, 0.2) is 18.0 Å². The quantitative estimate of drug-likeness (QED) is 0.134. The molecule has 49 heavy (non-hydrogen) atoms. The van der Waals surface area contributed by atoms with Gasteiger partial charge in [0.25, 0.3) is 0 Å². The zero-order valence-corrected chi connectivity index (χ0v) is 30.0. The monoisotopic (exact) mass is 703 g/mol. The number of nitrogen functional groups attached to an aromatic ring is 1. The molecule has 1 aliphatic rings. The van der Waals surface area contributed by atoms with E-state index in [1.54, 1.807) is 52.0 Å². The highest BCUT2D eigenvalue weighted by atomic mass is 31.2. The Bertz CT molecular complexity index is 1690. The van der Waals surface area contributed by atoms with Gasteiger partial charge in [-0.2, -0.15) is 10.2 Å². The summed E-state index contributed by atoms with van der Waals surface area (Å²) >= 11 is 0. The van der Waals surface area contributed by atoms with Crippen LogP contribution in [0.4, 0.5) is 5.82 Å². The highest BCUT2D eigenvalue weighted by molar-refractivity contribution is 7.52. The van der Waals surface area contributed by atoms with Gasteiger partial charge in [0.1, 0.15) is 35.3 Å². The maximum absolute atomic E-state index is 14.4. The fraction of sp³-hybridized carbons (Fsp3) is 0.545. The molecular formula is C33H46N5O10P. The van der Waals surface area contributed by atoms with E-state index >= 15 is 0 Å². The number of carbonyl (C=O) groups is 3. The van der Waals surface area contributed by atoms with Gasteiger partial charge in [0.05, 0.1) is 18.9 Å². The van der Waals surface area contributed by atoms with E-state index < -0.39 is 62.2 Å². The largest absolute Gasteiger partial charge is 0.465 e. The van der Waals surface area contributed by atoms with Gasteiger partial charge in [-0.15, -0.1) is 0 Å². The molecule has 0 amide bonds. The first-order chi connectivity index (χ1) is 23.0. The molecule has 268 valence electrons. The van der Waals surface area contributed by atoms with Crippen molar-refractivity contribution in [3.63, 3.8) is 0 Å². The predicted molar refractivity (Wildman–Crippen MR) is 179 cm³/mol. The van der Waals surface area contributed by atoms with Crippen molar-refractivity contribution >= 4 is 37.0 Å². The van der Waals surface area contributed by atoms with Gasteiger partial charge < -0.3 is 29.2 Å². The normalized spacial score (nSPS) is 22.7. The number of esters is 3. The first-order valence-corrected chi connectivity index (χ1v) is 17.7. The van der Waals surface area contributed by atoms with E-state index in [0.29, 0.717) is 11.2 Å². The Morgan fingerprint density at radius 1 is 1.06 bits per heavy atom. The number of ether oxygens (including phenoxy) is 4. The molecule has 1 unspecified atom stereocenters. The second-order valence-electron chi connectivity index (χ2n) is 12.8. The van der Waals surface area contributed by atoms with Crippen LogP contribution < -0.4 is 15.3 Å². The fourth-order valence-corrected chi connectivity index (χ4v) is 6.87. The smallest absolute Gasteiger partial charge is 0.459 e. The van der Waals surface area contributed by atoms with Crippen LogP contribution in [0, 0.1) is 0 Å².